The number of hydrogen-bond acceptors (Lipinski definition) is 3. The number of para-hydroxylation sites is 1. The first kappa shape index (κ1) is 20.9. The van der Waals surface area contributed by atoms with Crippen molar-refractivity contribution in [2.75, 3.05) is 17.2 Å². The van der Waals surface area contributed by atoms with Gasteiger partial charge in [-0.2, -0.15) is 0 Å². The largest absolute Gasteiger partial charge is 0.324 e. The first-order valence-electron chi connectivity index (χ1n) is 8.92. The zero-order chi connectivity index (χ0) is 20.6. The SMILES string of the molecule is O=C(CNC(C(=O)Nc1ccccc1)c1ccccc1)Nc1cc(Cl)ccc1Cl. The van der Waals surface area contributed by atoms with E-state index in [1.807, 2.05) is 48.5 Å². The van der Waals surface area contributed by atoms with E-state index in [0.717, 1.165) is 5.56 Å². The molecule has 0 aromatic heterocycles. The maximum atomic E-state index is 12.8. The number of hydrogen-bond donors (Lipinski definition) is 3. The van der Waals surface area contributed by atoms with Gasteiger partial charge in [0.05, 0.1) is 17.3 Å². The molecular formula is C22H19Cl2N3O2. The predicted octanol–water partition coefficient (Wildman–Crippen LogP) is 4.90. The van der Waals surface area contributed by atoms with E-state index >= 15 is 0 Å². The van der Waals surface area contributed by atoms with Crippen LogP contribution in [0, 0.1) is 0 Å². The average molecular weight is 428 g/mol. The number of nitrogens with one attached hydrogen (secondary N) is 3. The number of amides is 2. The van der Waals surface area contributed by atoms with Crippen molar-refractivity contribution in [2.24, 2.45) is 0 Å². The molecule has 5 nitrogen and oxygen atoms in total. The molecule has 0 heterocycles. The zero-order valence-corrected chi connectivity index (χ0v) is 16.9. The normalized spacial score (nSPS) is 11.5. The smallest absolute Gasteiger partial charge is 0.246 e. The molecule has 3 aromatic rings. The molecule has 2 amide bonds. The van der Waals surface area contributed by atoms with Crippen molar-refractivity contribution in [1.82, 2.24) is 5.32 Å². The lowest BCUT2D eigenvalue weighted by molar-refractivity contribution is -0.119. The van der Waals surface area contributed by atoms with Crippen molar-refractivity contribution >= 4 is 46.4 Å². The molecule has 0 saturated heterocycles. The molecule has 7 heteroatoms. The van der Waals surface area contributed by atoms with E-state index in [1.54, 1.807) is 30.3 Å². The fourth-order valence-electron chi connectivity index (χ4n) is 2.73. The van der Waals surface area contributed by atoms with Gasteiger partial charge in [-0.05, 0) is 35.9 Å². The first-order valence-corrected chi connectivity index (χ1v) is 9.67. The molecule has 3 rings (SSSR count). The highest BCUT2D eigenvalue weighted by molar-refractivity contribution is 6.35. The van der Waals surface area contributed by atoms with Gasteiger partial charge in [-0.15, -0.1) is 0 Å². The lowest BCUT2D eigenvalue weighted by Crippen LogP contribution is -2.37. The third kappa shape index (κ3) is 6.06. The van der Waals surface area contributed by atoms with Crippen LogP contribution >= 0.6 is 23.2 Å². The molecule has 29 heavy (non-hydrogen) atoms. The maximum Gasteiger partial charge on any atom is 0.246 e. The summed E-state index contributed by atoms with van der Waals surface area (Å²) < 4.78 is 0. The molecule has 0 aliphatic rings. The minimum atomic E-state index is -0.711. The summed E-state index contributed by atoms with van der Waals surface area (Å²) in [6.45, 7) is -0.0926. The molecule has 0 radical (unpaired) electrons. The molecule has 0 aliphatic carbocycles. The summed E-state index contributed by atoms with van der Waals surface area (Å²) >= 11 is 12.0. The Bertz CT molecular complexity index is 982. The third-order valence-corrected chi connectivity index (χ3v) is 4.67. The summed E-state index contributed by atoms with van der Waals surface area (Å²) in [7, 11) is 0. The summed E-state index contributed by atoms with van der Waals surface area (Å²) in [5.74, 6) is -0.612. The second-order valence-electron chi connectivity index (χ2n) is 6.25. The van der Waals surface area contributed by atoms with E-state index in [0.29, 0.717) is 21.4 Å². The van der Waals surface area contributed by atoms with Gasteiger partial charge in [0.1, 0.15) is 6.04 Å². The van der Waals surface area contributed by atoms with Gasteiger partial charge in [0.15, 0.2) is 0 Å². The van der Waals surface area contributed by atoms with Crippen LogP contribution in [0.2, 0.25) is 10.0 Å². The van der Waals surface area contributed by atoms with Crippen molar-refractivity contribution in [3.63, 3.8) is 0 Å². The van der Waals surface area contributed by atoms with E-state index in [-0.39, 0.29) is 18.4 Å². The van der Waals surface area contributed by atoms with Crippen molar-refractivity contribution < 1.29 is 9.59 Å². The number of benzene rings is 3. The molecule has 0 bridgehead atoms. The lowest BCUT2D eigenvalue weighted by Gasteiger charge is -2.19. The van der Waals surface area contributed by atoms with Crippen LogP contribution < -0.4 is 16.0 Å². The van der Waals surface area contributed by atoms with Crippen LogP contribution in [0.15, 0.2) is 78.9 Å². The van der Waals surface area contributed by atoms with Crippen LogP contribution in [0.25, 0.3) is 0 Å². The molecule has 3 aromatic carbocycles. The number of halogens is 2. The fraction of sp³-hybridized carbons (Fsp3) is 0.0909. The van der Waals surface area contributed by atoms with Gasteiger partial charge in [-0.3, -0.25) is 14.9 Å². The first-order chi connectivity index (χ1) is 14.0. The van der Waals surface area contributed by atoms with Gasteiger partial charge in [-0.1, -0.05) is 71.7 Å². The number of rotatable bonds is 7. The van der Waals surface area contributed by atoms with Crippen LogP contribution in [0.5, 0.6) is 0 Å². The second-order valence-corrected chi connectivity index (χ2v) is 7.10. The van der Waals surface area contributed by atoms with Crippen LogP contribution in [-0.4, -0.2) is 18.4 Å². The molecule has 0 spiro atoms. The van der Waals surface area contributed by atoms with E-state index in [9.17, 15) is 9.59 Å². The van der Waals surface area contributed by atoms with Crippen molar-refractivity contribution in [2.45, 2.75) is 6.04 Å². The van der Waals surface area contributed by atoms with Gasteiger partial charge in [-0.25, -0.2) is 0 Å². The predicted molar refractivity (Wildman–Crippen MR) is 117 cm³/mol. The lowest BCUT2D eigenvalue weighted by atomic mass is 10.1. The van der Waals surface area contributed by atoms with Crippen molar-refractivity contribution in [3.05, 3.63) is 94.5 Å². The Labute approximate surface area is 179 Å². The van der Waals surface area contributed by atoms with Gasteiger partial charge >= 0.3 is 0 Å². The maximum absolute atomic E-state index is 12.8. The van der Waals surface area contributed by atoms with Crippen LogP contribution in [0.4, 0.5) is 11.4 Å². The molecule has 0 saturated carbocycles. The monoisotopic (exact) mass is 427 g/mol. The van der Waals surface area contributed by atoms with Gasteiger partial charge < -0.3 is 10.6 Å². The highest BCUT2D eigenvalue weighted by Crippen LogP contribution is 2.25. The minimum Gasteiger partial charge on any atom is -0.324 e. The van der Waals surface area contributed by atoms with E-state index in [1.165, 1.54) is 0 Å². The summed E-state index contributed by atoms with van der Waals surface area (Å²) in [4.78, 5) is 25.2. The summed E-state index contributed by atoms with van der Waals surface area (Å²) in [5.41, 5.74) is 1.83. The Morgan fingerprint density at radius 3 is 2.17 bits per heavy atom. The summed E-state index contributed by atoms with van der Waals surface area (Å²) in [6.07, 6.45) is 0. The number of anilines is 2. The fourth-order valence-corrected chi connectivity index (χ4v) is 3.06. The molecule has 0 fully saturated rings. The Kier molecular flexibility index (Phi) is 7.25. The number of carbonyl (C=O) groups excluding carboxylic acids is 2. The van der Waals surface area contributed by atoms with Gasteiger partial charge in [0.2, 0.25) is 11.8 Å². The highest BCUT2D eigenvalue weighted by atomic mass is 35.5. The Morgan fingerprint density at radius 1 is 0.828 bits per heavy atom. The molecule has 148 valence electrons. The van der Waals surface area contributed by atoms with Crippen LogP contribution in [0.3, 0.4) is 0 Å². The van der Waals surface area contributed by atoms with E-state index < -0.39 is 6.04 Å². The quantitative estimate of drug-likeness (QED) is 0.501. The standard InChI is InChI=1S/C22H19Cl2N3O2/c23-16-11-12-18(24)19(13-16)27-20(28)14-25-21(15-7-3-1-4-8-15)22(29)26-17-9-5-2-6-10-17/h1-13,21,25H,14H2,(H,26,29)(H,27,28). The molecule has 1 atom stereocenters. The Morgan fingerprint density at radius 2 is 1.48 bits per heavy atom. The third-order valence-electron chi connectivity index (χ3n) is 4.11. The zero-order valence-electron chi connectivity index (χ0n) is 15.4. The second kappa shape index (κ2) is 10.1. The van der Waals surface area contributed by atoms with Gasteiger partial charge in [0, 0.05) is 10.7 Å². The van der Waals surface area contributed by atoms with Crippen molar-refractivity contribution in [3.8, 4) is 0 Å². The minimum absolute atomic E-state index is 0.0926. The molecular weight excluding hydrogens is 409 g/mol. The van der Waals surface area contributed by atoms with Crippen LogP contribution in [-0.2, 0) is 9.59 Å². The number of carbonyl (C=O) groups is 2. The average Bonchev–Trinajstić information content (AvgIpc) is 2.72. The molecule has 1 unspecified atom stereocenters. The van der Waals surface area contributed by atoms with Crippen molar-refractivity contribution in [1.29, 1.82) is 0 Å². The Balaban J connectivity index is 1.69. The molecule has 3 N–H and O–H groups in total. The van der Waals surface area contributed by atoms with Crippen LogP contribution in [0.1, 0.15) is 11.6 Å². The van der Waals surface area contributed by atoms with Gasteiger partial charge in [0.25, 0.3) is 0 Å². The van der Waals surface area contributed by atoms with E-state index in [2.05, 4.69) is 16.0 Å². The summed E-state index contributed by atoms with van der Waals surface area (Å²) in [5, 5.41) is 9.40. The van der Waals surface area contributed by atoms with E-state index in [4.69, 9.17) is 23.2 Å². The summed E-state index contributed by atoms with van der Waals surface area (Å²) in [6, 6.07) is 22.4. The highest BCUT2D eigenvalue weighted by Gasteiger charge is 2.21. The Hall–Kier alpha value is -2.86. The molecule has 0 aliphatic heterocycles. The topological polar surface area (TPSA) is 70.2 Å².